The van der Waals surface area contributed by atoms with E-state index in [4.69, 9.17) is 5.11 Å². The largest absolute Gasteiger partial charge is 0.508 e. The van der Waals surface area contributed by atoms with Gasteiger partial charge in [-0.3, -0.25) is 19.7 Å². The van der Waals surface area contributed by atoms with Crippen LogP contribution in [0.15, 0.2) is 18.2 Å². The zero-order valence-electron chi connectivity index (χ0n) is 9.84. The summed E-state index contributed by atoms with van der Waals surface area (Å²) in [4.78, 5) is 34.3. The number of carbonyl (C=O) groups is 3. The van der Waals surface area contributed by atoms with Crippen LogP contribution in [-0.2, 0) is 9.59 Å². The van der Waals surface area contributed by atoms with Gasteiger partial charge in [0.2, 0.25) is 11.8 Å². The summed E-state index contributed by atoms with van der Waals surface area (Å²) >= 11 is 0. The maximum atomic E-state index is 11.9. The topological polar surface area (TPSA) is 116 Å². The number of imide groups is 1. The van der Waals surface area contributed by atoms with Gasteiger partial charge < -0.3 is 15.5 Å². The average Bonchev–Trinajstić information content (AvgIpc) is 2.32. The normalized spacial score (nSPS) is 18.8. The molecule has 1 aliphatic heterocycles. The lowest BCUT2D eigenvalue weighted by Gasteiger charge is -2.21. The number of amides is 3. The summed E-state index contributed by atoms with van der Waals surface area (Å²) in [6.45, 7) is 0. The molecule has 0 saturated carbocycles. The van der Waals surface area contributed by atoms with Gasteiger partial charge in [0.15, 0.2) is 0 Å². The van der Waals surface area contributed by atoms with Crippen molar-refractivity contribution in [2.45, 2.75) is 18.9 Å². The van der Waals surface area contributed by atoms with Gasteiger partial charge in [0.1, 0.15) is 17.5 Å². The summed E-state index contributed by atoms with van der Waals surface area (Å²) in [7, 11) is 0. The van der Waals surface area contributed by atoms with E-state index in [1.165, 1.54) is 12.1 Å². The van der Waals surface area contributed by atoms with Crippen molar-refractivity contribution in [3.63, 3.8) is 0 Å². The standard InChI is InChI=1S/C12H12N2O5/c15-6-1-2-7(9(16)5-6)11(18)13-8-3-4-10(17)14-12(8)19/h1-2,5,8,15-16H,3-4H2,(H,13,18)(H,14,17,19). The molecule has 1 atom stereocenters. The second-order valence-corrected chi connectivity index (χ2v) is 4.18. The van der Waals surface area contributed by atoms with Gasteiger partial charge in [-0.25, -0.2) is 0 Å². The number of benzene rings is 1. The molecule has 0 spiro atoms. The number of carbonyl (C=O) groups excluding carboxylic acids is 3. The van der Waals surface area contributed by atoms with E-state index in [1.807, 2.05) is 0 Å². The highest BCUT2D eigenvalue weighted by Crippen LogP contribution is 2.22. The van der Waals surface area contributed by atoms with E-state index < -0.39 is 17.9 Å². The highest BCUT2D eigenvalue weighted by Gasteiger charge is 2.28. The number of phenolic OH excluding ortho intramolecular Hbond substituents is 2. The molecule has 0 radical (unpaired) electrons. The second kappa shape index (κ2) is 4.97. The Morgan fingerprint density at radius 2 is 2.05 bits per heavy atom. The minimum atomic E-state index is -0.807. The van der Waals surface area contributed by atoms with E-state index in [-0.39, 0.29) is 35.8 Å². The lowest BCUT2D eigenvalue weighted by molar-refractivity contribution is -0.134. The Hall–Kier alpha value is -2.57. The molecule has 1 aliphatic rings. The SMILES string of the molecule is O=C1CCC(NC(=O)c2ccc(O)cc2O)C(=O)N1. The first-order valence-corrected chi connectivity index (χ1v) is 5.64. The Labute approximate surface area is 108 Å². The van der Waals surface area contributed by atoms with Gasteiger partial charge >= 0.3 is 0 Å². The predicted molar refractivity (Wildman–Crippen MR) is 63.4 cm³/mol. The maximum Gasteiger partial charge on any atom is 0.255 e. The first kappa shape index (κ1) is 12.9. The molecular formula is C12H12N2O5. The summed E-state index contributed by atoms with van der Waals surface area (Å²) < 4.78 is 0. The van der Waals surface area contributed by atoms with Gasteiger partial charge in [-0.2, -0.15) is 0 Å². The molecule has 0 aromatic heterocycles. The Kier molecular flexibility index (Phi) is 3.37. The van der Waals surface area contributed by atoms with Crippen LogP contribution in [0.4, 0.5) is 0 Å². The second-order valence-electron chi connectivity index (χ2n) is 4.18. The fourth-order valence-electron chi connectivity index (χ4n) is 1.78. The van der Waals surface area contributed by atoms with E-state index in [0.29, 0.717) is 0 Å². The molecule has 100 valence electrons. The highest BCUT2D eigenvalue weighted by molar-refractivity contribution is 6.04. The predicted octanol–water partition coefficient (Wildman–Crippen LogP) is -0.367. The van der Waals surface area contributed by atoms with Crippen molar-refractivity contribution in [3.8, 4) is 11.5 Å². The smallest absolute Gasteiger partial charge is 0.255 e. The molecule has 1 aromatic carbocycles. The number of nitrogens with one attached hydrogen (secondary N) is 2. The van der Waals surface area contributed by atoms with E-state index >= 15 is 0 Å². The van der Waals surface area contributed by atoms with Crippen LogP contribution in [0.25, 0.3) is 0 Å². The molecule has 4 N–H and O–H groups in total. The van der Waals surface area contributed by atoms with Crippen LogP contribution in [0.3, 0.4) is 0 Å². The number of rotatable bonds is 2. The van der Waals surface area contributed by atoms with Crippen molar-refractivity contribution >= 4 is 17.7 Å². The third-order valence-corrected chi connectivity index (χ3v) is 2.77. The van der Waals surface area contributed by atoms with Crippen LogP contribution >= 0.6 is 0 Å². The summed E-state index contributed by atoms with van der Waals surface area (Å²) in [5.41, 5.74) is -0.0532. The molecule has 7 nitrogen and oxygen atoms in total. The molecule has 1 fully saturated rings. The van der Waals surface area contributed by atoms with E-state index in [1.54, 1.807) is 0 Å². The zero-order chi connectivity index (χ0) is 14.0. The third-order valence-electron chi connectivity index (χ3n) is 2.77. The van der Waals surface area contributed by atoms with Crippen LogP contribution in [0.5, 0.6) is 11.5 Å². The number of piperidine rings is 1. The van der Waals surface area contributed by atoms with Crippen molar-refractivity contribution in [2.75, 3.05) is 0 Å². The Morgan fingerprint density at radius 1 is 1.32 bits per heavy atom. The molecule has 0 aliphatic carbocycles. The van der Waals surface area contributed by atoms with Crippen LogP contribution < -0.4 is 10.6 Å². The summed E-state index contributed by atoms with van der Waals surface area (Å²) in [5.74, 6) is -2.14. The van der Waals surface area contributed by atoms with Crippen molar-refractivity contribution in [1.29, 1.82) is 0 Å². The molecule has 1 unspecified atom stereocenters. The Balaban J connectivity index is 2.09. The molecule has 7 heteroatoms. The fourth-order valence-corrected chi connectivity index (χ4v) is 1.78. The minimum absolute atomic E-state index is 0.0532. The highest BCUT2D eigenvalue weighted by atomic mass is 16.3. The van der Waals surface area contributed by atoms with Gasteiger partial charge in [0.25, 0.3) is 5.91 Å². The lowest BCUT2D eigenvalue weighted by atomic mass is 10.1. The van der Waals surface area contributed by atoms with Gasteiger partial charge in [-0.15, -0.1) is 0 Å². The van der Waals surface area contributed by atoms with E-state index in [2.05, 4.69) is 10.6 Å². The number of hydrogen-bond acceptors (Lipinski definition) is 5. The molecule has 1 aromatic rings. The van der Waals surface area contributed by atoms with Gasteiger partial charge in [-0.05, 0) is 18.6 Å². The monoisotopic (exact) mass is 264 g/mol. The minimum Gasteiger partial charge on any atom is -0.508 e. The van der Waals surface area contributed by atoms with Crippen LogP contribution in [0, 0.1) is 0 Å². The van der Waals surface area contributed by atoms with Crippen molar-refractivity contribution < 1.29 is 24.6 Å². The van der Waals surface area contributed by atoms with Crippen LogP contribution in [0.1, 0.15) is 23.2 Å². The third kappa shape index (κ3) is 2.82. The number of aromatic hydroxyl groups is 2. The van der Waals surface area contributed by atoms with E-state index in [0.717, 1.165) is 6.07 Å². The first-order valence-electron chi connectivity index (χ1n) is 5.64. The maximum absolute atomic E-state index is 11.9. The van der Waals surface area contributed by atoms with E-state index in [9.17, 15) is 19.5 Å². The van der Waals surface area contributed by atoms with Gasteiger partial charge in [0.05, 0.1) is 5.56 Å². The Bertz CT molecular complexity index is 555. The van der Waals surface area contributed by atoms with Crippen LogP contribution in [0.2, 0.25) is 0 Å². The molecule has 1 heterocycles. The van der Waals surface area contributed by atoms with Crippen molar-refractivity contribution in [3.05, 3.63) is 23.8 Å². The zero-order valence-corrected chi connectivity index (χ0v) is 9.84. The average molecular weight is 264 g/mol. The molecule has 0 bridgehead atoms. The quantitative estimate of drug-likeness (QED) is 0.544. The molecule has 2 rings (SSSR count). The molecule has 19 heavy (non-hydrogen) atoms. The molecule has 3 amide bonds. The van der Waals surface area contributed by atoms with Crippen LogP contribution in [-0.4, -0.2) is 34.0 Å². The lowest BCUT2D eigenvalue weighted by Crippen LogP contribution is -2.52. The summed E-state index contributed by atoms with van der Waals surface area (Å²) in [5, 5.41) is 23.2. The Morgan fingerprint density at radius 3 is 2.68 bits per heavy atom. The van der Waals surface area contributed by atoms with Crippen molar-refractivity contribution in [2.24, 2.45) is 0 Å². The molecule has 1 saturated heterocycles. The van der Waals surface area contributed by atoms with Gasteiger partial charge in [-0.1, -0.05) is 0 Å². The summed E-state index contributed by atoms with van der Waals surface area (Å²) in [6.07, 6.45) is 0.369. The summed E-state index contributed by atoms with van der Waals surface area (Å²) in [6, 6.07) is 2.71. The number of hydrogen-bond donors (Lipinski definition) is 4. The first-order chi connectivity index (χ1) is 8.97. The number of phenols is 2. The van der Waals surface area contributed by atoms with Gasteiger partial charge in [0, 0.05) is 12.5 Å². The molecular weight excluding hydrogens is 252 g/mol. The fraction of sp³-hybridized carbons (Fsp3) is 0.250. The van der Waals surface area contributed by atoms with Crippen molar-refractivity contribution in [1.82, 2.24) is 10.6 Å².